The molecule has 0 atom stereocenters. The number of aliphatic hydroxyl groups is 2. The number of aliphatic hydroxyl groups excluding tert-OH is 2. The zero-order chi connectivity index (χ0) is 45.0. The average Bonchev–Trinajstić information content (AvgIpc) is 3.71. The first-order valence-electron chi connectivity index (χ1n) is 26.9. The van der Waals surface area contributed by atoms with E-state index in [1.54, 1.807) is 0 Å². The van der Waals surface area contributed by atoms with Crippen LogP contribution in [-0.4, -0.2) is 69.4 Å². The summed E-state index contributed by atoms with van der Waals surface area (Å²) in [5.74, 6) is -0.0472. The lowest BCUT2D eigenvalue weighted by molar-refractivity contribution is 0.197. The van der Waals surface area contributed by atoms with E-state index in [0.717, 1.165) is 44.1 Å². The van der Waals surface area contributed by atoms with Gasteiger partial charge < -0.3 is 34.7 Å². The van der Waals surface area contributed by atoms with Crippen LogP contribution in [0.1, 0.15) is 256 Å². The molecule has 0 amide bonds. The fraction of sp³-hybridized carbons (Fsp3) is 0.885. The van der Waals surface area contributed by atoms with Gasteiger partial charge in [0.05, 0.1) is 24.9 Å². The SMILES string of the molecule is O=P(CCCNCc1c[nH]c2c(O)ncnc12)(OCCCCCCCCCCCCCCCCCCCCCO)OCCCCCCCCCCCCCCCCCCCCCO. The van der Waals surface area contributed by atoms with Gasteiger partial charge >= 0.3 is 7.60 Å². The van der Waals surface area contributed by atoms with Gasteiger partial charge in [0, 0.05) is 31.5 Å². The van der Waals surface area contributed by atoms with Crippen LogP contribution in [0.2, 0.25) is 0 Å². The molecule has 0 spiro atoms. The van der Waals surface area contributed by atoms with Crippen LogP contribution in [0.5, 0.6) is 5.88 Å². The Balaban J connectivity index is 1.50. The number of hydrogen-bond donors (Lipinski definition) is 5. The van der Waals surface area contributed by atoms with Gasteiger partial charge in [0.2, 0.25) is 5.88 Å². The van der Waals surface area contributed by atoms with Crippen LogP contribution in [0.15, 0.2) is 12.5 Å². The molecule has 2 heterocycles. The second kappa shape index (κ2) is 43.0. The number of fused-ring (bicyclic) bond motifs is 1. The van der Waals surface area contributed by atoms with Crippen molar-refractivity contribution in [2.45, 2.75) is 257 Å². The molecule has 0 aliphatic heterocycles. The fourth-order valence-electron chi connectivity index (χ4n) is 8.75. The number of aromatic nitrogens is 3. The molecule has 2 aromatic rings. The summed E-state index contributed by atoms with van der Waals surface area (Å²) in [5.41, 5.74) is 2.22. The fourth-order valence-corrected chi connectivity index (χ4v) is 10.4. The van der Waals surface area contributed by atoms with E-state index >= 15 is 0 Å². The monoisotopic (exact) mass is 907 g/mol. The van der Waals surface area contributed by atoms with Gasteiger partial charge in [-0.2, -0.15) is 0 Å². The molecule has 10 nitrogen and oxygen atoms in total. The Bertz CT molecular complexity index is 1260. The van der Waals surface area contributed by atoms with E-state index in [9.17, 15) is 9.67 Å². The summed E-state index contributed by atoms with van der Waals surface area (Å²) >= 11 is 0. The molecule has 368 valence electrons. The van der Waals surface area contributed by atoms with E-state index in [1.165, 1.54) is 212 Å². The zero-order valence-electron chi connectivity index (χ0n) is 40.6. The van der Waals surface area contributed by atoms with Crippen molar-refractivity contribution in [1.82, 2.24) is 20.3 Å². The second-order valence-corrected chi connectivity index (χ2v) is 20.8. The van der Waals surface area contributed by atoms with E-state index in [4.69, 9.17) is 19.3 Å². The Morgan fingerprint density at radius 1 is 0.476 bits per heavy atom. The Hall–Kier alpha value is -1.55. The van der Waals surface area contributed by atoms with Crippen LogP contribution < -0.4 is 5.32 Å². The van der Waals surface area contributed by atoms with Gasteiger partial charge in [-0.3, -0.25) is 4.57 Å². The predicted molar refractivity (Wildman–Crippen MR) is 266 cm³/mol. The second-order valence-electron chi connectivity index (χ2n) is 18.6. The number of nitrogens with one attached hydrogen (secondary N) is 2. The maximum absolute atomic E-state index is 13.9. The first-order valence-corrected chi connectivity index (χ1v) is 28.6. The molecule has 0 aliphatic carbocycles. The molecule has 2 rings (SSSR count). The number of H-pyrrole nitrogens is 1. The molecule has 0 aliphatic rings. The lowest BCUT2D eigenvalue weighted by atomic mass is 10.0. The Morgan fingerprint density at radius 2 is 0.810 bits per heavy atom. The smallest absolute Gasteiger partial charge is 0.330 e. The van der Waals surface area contributed by atoms with Crippen LogP contribution in [0.4, 0.5) is 0 Å². The zero-order valence-corrected chi connectivity index (χ0v) is 41.5. The standard InChI is InChI=1S/C52H99N4O6P/c57-41-35-31-27-23-19-15-11-7-3-1-5-9-13-17-21-25-29-33-37-43-61-63(60,45-39-40-53-46-49-47-54-51-50(49)55-48-56-52(51)59)62-44-38-34-30-26-22-18-14-10-6-2-4-8-12-16-20-24-28-32-36-42-58/h47-48,53-54,57-58H,1-46H2,(H,55,56,59). The summed E-state index contributed by atoms with van der Waals surface area (Å²) in [6, 6.07) is 0. The predicted octanol–water partition coefficient (Wildman–Crippen LogP) is 15.2. The molecule has 0 bridgehead atoms. The average molecular weight is 907 g/mol. The van der Waals surface area contributed by atoms with Crippen molar-refractivity contribution in [3.05, 3.63) is 18.1 Å². The van der Waals surface area contributed by atoms with Crippen molar-refractivity contribution >= 4 is 18.6 Å². The summed E-state index contributed by atoms with van der Waals surface area (Å²) in [6.07, 6.45) is 53.1. The van der Waals surface area contributed by atoms with Crippen molar-refractivity contribution in [2.24, 2.45) is 0 Å². The van der Waals surface area contributed by atoms with Crippen molar-refractivity contribution < 1.29 is 28.9 Å². The van der Waals surface area contributed by atoms with E-state index in [-0.39, 0.29) is 5.88 Å². The maximum atomic E-state index is 13.9. The molecule has 5 N–H and O–H groups in total. The van der Waals surface area contributed by atoms with Crippen LogP contribution in [-0.2, 0) is 20.2 Å². The number of rotatable bonds is 50. The third-order valence-corrected chi connectivity index (χ3v) is 14.8. The third kappa shape index (κ3) is 33.6. The lowest BCUT2D eigenvalue weighted by Gasteiger charge is -2.19. The van der Waals surface area contributed by atoms with Crippen molar-refractivity contribution in [2.75, 3.05) is 39.1 Å². The van der Waals surface area contributed by atoms with Gasteiger partial charge in [0.1, 0.15) is 11.8 Å². The maximum Gasteiger partial charge on any atom is 0.330 e. The highest BCUT2D eigenvalue weighted by Crippen LogP contribution is 2.49. The summed E-state index contributed by atoms with van der Waals surface area (Å²) in [7, 11) is -3.17. The van der Waals surface area contributed by atoms with Crippen molar-refractivity contribution in [3.8, 4) is 5.88 Å². The highest BCUT2D eigenvalue weighted by atomic mass is 31.2. The minimum absolute atomic E-state index is 0.0472. The Kier molecular flexibility index (Phi) is 39.3. The van der Waals surface area contributed by atoms with E-state index < -0.39 is 7.60 Å². The van der Waals surface area contributed by atoms with E-state index in [0.29, 0.717) is 63.1 Å². The highest BCUT2D eigenvalue weighted by Gasteiger charge is 2.24. The molecule has 0 fully saturated rings. The molecule has 2 aromatic heterocycles. The summed E-state index contributed by atoms with van der Waals surface area (Å²) < 4.78 is 26.0. The van der Waals surface area contributed by atoms with Gasteiger partial charge in [0.25, 0.3) is 0 Å². The molecule has 0 aromatic carbocycles. The first-order chi connectivity index (χ1) is 31.1. The molecule has 0 saturated carbocycles. The number of aromatic hydroxyl groups is 1. The number of nitrogens with zero attached hydrogens (tertiary/aromatic N) is 2. The lowest BCUT2D eigenvalue weighted by Crippen LogP contribution is -2.16. The van der Waals surface area contributed by atoms with Crippen LogP contribution in [0.25, 0.3) is 11.0 Å². The van der Waals surface area contributed by atoms with Crippen molar-refractivity contribution in [1.29, 1.82) is 0 Å². The number of hydrogen-bond acceptors (Lipinski definition) is 9. The van der Waals surface area contributed by atoms with Crippen molar-refractivity contribution in [3.63, 3.8) is 0 Å². The van der Waals surface area contributed by atoms with Gasteiger partial charge in [-0.15, -0.1) is 0 Å². The van der Waals surface area contributed by atoms with Crippen LogP contribution in [0, 0.1) is 0 Å². The van der Waals surface area contributed by atoms with Gasteiger partial charge in [-0.05, 0) is 38.6 Å². The largest absolute Gasteiger partial charge is 0.492 e. The Labute approximate surface area is 386 Å². The summed E-state index contributed by atoms with van der Waals surface area (Å²) in [6.45, 7) is 2.97. The quantitative estimate of drug-likeness (QED) is 0.0323. The molecular formula is C52H99N4O6P. The third-order valence-electron chi connectivity index (χ3n) is 12.8. The van der Waals surface area contributed by atoms with Gasteiger partial charge in [0.15, 0.2) is 0 Å². The van der Waals surface area contributed by atoms with E-state index in [2.05, 4.69) is 20.3 Å². The first kappa shape index (κ1) is 57.6. The topological polar surface area (TPSA) is 150 Å². The van der Waals surface area contributed by atoms with Crippen LogP contribution >= 0.6 is 7.60 Å². The highest BCUT2D eigenvalue weighted by molar-refractivity contribution is 7.53. The molecule has 0 radical (unpaired) electrons. The van der Waals surface area contributed by atoms with Gasteiger partial charge in [-0.1, -0.05) is 218 Å². The number of unbranched alkanes of at least 4 members (excludes halogenated alkanes) is 36. The molecule has 11 heteroatoms. The summed E-state index contributed by atoms with van der Waals surface area (Å²) in [4.78, 5) is 11.2. The molecule has 0 unspecified atom stereocenters. The van der Waals surface area contributed by atoms with Gasteiger partial charge in [-0.25, -0.2) is 9.97 Å². The summed E-state index contributed by atoms with van der Waals surface area (Å²) in [5, 5.41) is 31.1. The molecular weight excluding hydrogens is 808 g/mol. The van der Waals surface area contributed by atoms with E-state index in [1.807, 2.05) is 6.20 Å². The minimum Gasteiger partial charge on any atom is -0.492 e. The number of aromatic amines is 1. The minimum atomic E-state index is -3.17. The Morgan fingerprint density at radius 3 is 1.16 bits per heavy atom. The normalized spacial score (nSPS) is 12.0. The molecule has 0 saturated heterocycles. The van der Waals surface area contributed by atoms with Crippen LogP contribution in [0.3, 0.4) is 0 Å². The molecule has 63 heavy (non-hydrogen) atoms.